The van der Waals surface area contributed by atoms with Crippen LogP contribution in [0.4, 0.5) is 0 Å². The van der Waals surface area contributed by atoms with E-state index in [9.17, 15) is 0 Å². The molecule has 2 rings (SSSR count). The molecule has 1 aliphatic carbocycles. The predicted molar refractivity (Wildman–Crippen MR) is 101 cm³/mol. The van der Waals surface area contributed by atoms with Crippen LogP contribution in [0.5, 0.6) is 0 Å². The van der Waals surface area contributed by atoms with E-state index in [0.717, 1.165) is 31.2 Å². The number of pyridine rings is 1. The molecule has 124 valence electrons. The molecule has 2 N–H and O–H groups in total. The van der Waals surface area contributed by atoms with Gasteiger partial charge in [-0.3, -0.25) is 9.98 Å². The molecule has 5 nitrogen and oxygen atoms in total. The van der Waals surface area contributed by atoms with Gasteiger partial charge in [0.05, 0.1) is 12.2 Å². The number of hydrogen-bond donors (Lipinski definition) is 2. The molecule has 0 amide bonds. The van der Waals surface area contributed by atoms with E-state index in [1.165, 1.54) is 19.3 Å². The number of guanidine groups is 1. The maximum absolute atomic E-state index is 5.23. The van der Waals surface area contributed by atoms with Crippen molar-refractivity contribution >= 4 is 29.9 Å². The summed E-state index contributed by atoms with van der Waals surface area (Å²) < 4.78 is 5.23. The van der Waals surface area contributed by atoms with Crippen molar-refractivity contribution in [3.05, 3.63) is 30.1 Å². The summed E-state index contributed by atoms with van der Waals surface area (Å²) in [5.74, 6) is 0.837. The fourth-order valence-electron chi connectivity index (χ4n) is 2.68. The third-order valence-electron chi connectivity index (χ3n) is 4.27. The molecular weight excluding hydrogens is 391 g/mol. The molecule has 1 heterocycles. The number of nitrogens with one attached hydrogen (secondary N) is 2. The van der Waals surface area contributed by atoms with Gasteiger partial charge in [0.15, 0.2) is 5.96 Å². The first-order chi connectivity index (χ1) is 10.3. The third-order valence-corrected chi connectivity index (χ3v) is 4.27. The van der Waals surface area contributed by atoms with Crippen LogP contribution in [0.1, 0.15) is 31.4 Å². The molecule has 0 aliphatic heterocycles. The number of nitrogens with zero attached hydrogens (tertiary/aromatic N) is 2. The lowest BCUT2D eigenvalue weighted by molar-refractivity contribution is 0.0732. The van der Waals surface area contributed by atoms with Crippen molar-refractivity contribution in [2.45, 2.75) is 32.2 Å². The SMILES string of the molecule is CN=C(NCc1ccccn1)NCC1(CCOC)CCC1.I. The summed E-state index contributed by atoms with van der Waals surface area (Å²) in [5, 5.41) is 6.75. The Morgan fingerprint density at radius 1 is 1.36 bits per heavy atom. The maximum Gasteiger partial charge on any atom is 0.191 e. The average molecular weight is 418 g/mol. The van der Waals surface area contributed by atoms with E-state index in [4.69, 9.17) is 4.74 Å². The fourth-order valence-corrected chi connectivity index (χ4v) is 2.68. The molecule has 0 bridgehead atoms. The quantitative estimate of drug-likeness (QED) is 0.406. The van der Waals surface area contributed by atoms with Crippen LogP contribution >= 0.6 is 24.0 Å². The second-order valence-electron chi connectivity index (χ2n) is 5.70. The smallest absolute Gasteiger partial charge is 0.191 e. The summed E-state index contributed by atoms with van der Waals surface area (Å²) in [4.78, 5) is 8.58. The van der Waals surface area contributed by atoms with Crippen molar-refractivity contribution in [1.29, 1.82) is 0 Å². The molecule has 6 heteroatoms. The van der Waals surface area contributed by atoms with E-state index in [-0.39, 0.29) is 24.0 Å². The Morgan fingerprint density at radius 3 is 2.73 bits per heavy atom. The number of aliphatic imine (C=N–C) groups is 1. The van der Waals surface area contributed by atoms with Gasteiger partial charge in [-0.1, -0.05) is 12.5 Å². The monoisotopic (exact) mass is 418 g/mol. The fraction of sp³-hybridized carbons (Fsp3) is 0.625. The normalized spacial score (nSPS) is 16.4. The Balaban J connectivity index is 0.00000242. The molecule has 1 aromatic rings. The second-order valence-corrected chi connectivity index (χ2v) is 5.70. The van der Waals surface area contributed by atoms with Crippen LogP contribution in [-0.4, -0.2) is 38.3 Å². The van der Waals surface area contributed by atoms with Gasteiger partial charge >= 0.3 is 0 Å². The zero-order chi connectivity index (χ0) is 15.0. The van der Waals surface area contributed by atoms with E-state index in [1.807, 2.05) is 18.2 Å². The van der Waals surface area contributed by atoms with Crippen LogP contribution in [0.3, 0.4) is 0 Å². The van der Waals surface area contributed by atoms with Gasteiger partial charge < -0.3 is 15.4 Å². The van der Waals surface area contributed by atoms with E-state index >= 15 is 0 Å². The van der Waals surface area contributed by atoms with Gasteiger partial charge in [0.25, 0.3) is 0 Å². The average Bonchev–Trinajstić information content (AvgIpc) is 2.49. The highest BCUT2D eigenvalue weighted by Crippen LogP contribution is 2.43. The highest BCUT2D eigenvalue weighted by Gasteiger charge is 2.36. The largest absolute Gasteiger partial charge is 0.385 e. The van der Waals surface area contributed by atoms with Gasteiger partial charge in [-0.05, 0) is 36.8 Å². The summed E-state index contributed by atoms with van der Waals surface area (Å²) in [5.41, 5.74) is 1.40. The molecule has 1 aliphatic rings. The topological polar surface area (TPSA) is 58.5 Å². The Bertz CT molecular complexity index is 449. The molecule has 0 saturated heterocycles. The first-order valence-electron chi connectivity index (χ1n) is 7.61. The van der Waals surface area contributed by atoms with Crippen molar-refractivity contribution in [2.24, 2.45) is 10.4 Å². The van der Waals surface area contributed by atoms with Gasteiger partial charge in [-0.25, -0.2) is 0 Å². The minimum atomic E-state index is 0. The summed E-state index contributed by atoms with van der Waals surface area (Å²) in [6, 6.07) is 5.92. The minimum Gasteiger partial charge on any atom is -0.385 e. The van der Waals surface area contributed by atoms with Crippen LogP contribution in [-0.2, 0) is 11.3 Å². The Hall–Kier alpha value is -0.890. The van der Waals surface area contributed by atoms with Crippen molar-refractivity contribution in [2.75, 3.05) is 27.3 Å². The number of methoxy groups -OCH3 is 1. The van der Waals surface area contributed by atoms with E-state index in [2.05, 4.69) is 20.6 Å². The number of rotatable bonds is 7. The van der Waals surface area contributed by atoms with E-state index in [1.54, 1.807) is 20.4 Å². The number of halogens is 1. The lowest BCUT2D eigenvalue weighted by Gasteiger charge is -2.42. The van der Waals surface area contributed by atoms with Crippen molar-refractivity contribution < 1.29 is 4.74 Å². The number of hydrogen-bond acceptors (Lipinski definition) is 3. The maximum atomic E-state index is 5.23. The lowest BCUT2D eigenvalue weighted by Crippen LogP contribution is -2.46. The van der Waals surface area contributed by atoms with E-state index in [0.29, 0.717) is 12.0 Å². The predicted octanol–water partition coefficient (Wildman–Crippen LogP) is 2.57. The second kappa shape index (κ2) is 9.99. The molecule has 1 saturated carbocycles. The van der Waals surface area contributed by atoms with Crippen molar-refractivity contribution in [1.82, 2.24) is 15.6 Å². The van der Waals surface area contributed by atoms with Crippen molar-refractivity contribution in [3.63, 3.8) is 0 Å². The van der Waals surface area contributed by atoms with Crippen molar-refractivity contribution in [3.8, 4) is 0 Å². The highest BCUT2D eigenvalue weighted by molar-refractivity contribution is 14.0. The van der Waals surface area contributed by atoms with Crippen LogP contribution < -0.4 is 10.6 Å². The van der Waals surface area contributed by atoms with Gasteiger partial charge in [0, 0.05) is 33.5 Å². The van der Waals surface area contributed by atoms with Crippen LogP contribution in [0, 0.1) is 5.41 Å². The lowest BCUT2D eigenvalue weighted by atomic mass is 9.67. The number of aromatic nitrogens is 1. The summed E-state index contributed by atoms with van der Waals surface area (Å²) in [6.07, 6.45) is 6.81. The molecule has 0 unspecified atom stereocenters. The molecule has 1 aromatic heterocycles. The minimum absolute atomic E-state index is 0. The molecule has 1 fully saturated rings. The van der Waals surface area contributed by atoms with Gasteiger partial charge in [0.2, 0.25) is 0 Å². The van der Waals surface area contributed by atoms with Crippen LogP contribution in [0.25, 0.3) is 0 Å². The standard InChI is InChI=1S/C16H26N4O.HI/c1-17-15(19-12-14-6-3-4-10-18-14)20-13-16(7-5-8-16)9-11-21-2;/h3-4,6,10H,5,7-9,11-13H2,1-2H3,(H2,17,19,20);1H. The van der Waals surface area contributed by atoms with Crippen LogP contribution in [0.2, 0.25) is 0 Å². The molecular formula is C16H27IN4O. The third kappa shape index (κ3) is 5.72. The number of ether oxygens (including phenoxy) is 1. The summed E-state index contributed by atoms with van der Waals surface area (Å²) in [6.45, 7) is 2.48. The molecule has 0 aromatic carbocycles. The van der Waals surface area contributed by atoms with Gasteiger partial charge in [-0.2, -0.15) is 0 Å². The molecule has 0 radical (unpaired) electrons. The Kier molecular flexibility index (Phi) is 8.70. The summed E-state index contributed by atoms with van der Waals surface area (Å²) in [7, 11) is 3.57. The zero-order valence-corrected chi connectivity index (χ0v) is 15.8. The van der Waals surface area contributed by atoms with Gasteiger partial charge in [0.1, 0.15) is 0 Å². The molecule has 0 spiro atoms. The molecule has 22 heavy (non-hydrogen) atoms. The highest BCUT2D eigenvalue weighted by atomic mass is 127. The first kappa shape index (κ1) is 19.2. The summed E-state index contributed by atoms with van der Waals surface area (Å²) >= 11 is 0. The first-order valence-corrected chi connectivity index (χ1v) is 7.61. The molecule has 0 atom stereocenters. The zero-order valence-electron chi connectivity index (χ0n) is 13.5. The Morgan fingerprint density at radius 2 is 2.18 bits per heavy atom. The van der Waals surface area contributed by atoms with E-state index < -0.39 is 0 Å². The van der Waals surface area contributed by atoms with Crippen LogP contribution in [0.15, 0.2) is 29.4 Å². The Labute approximate surface area is 150 Å². The van der Waals surface area contributed by atoms with Gasteiger partial charge in [-0.15, -0.1) is 24.0 Å².